The largest absolute Gasteiger partial charge is 0.493 e. The van der Waals surface area contributed by atoms with E-state index in [-0.39, 0.29) is 0 Å². The molecule has 0 aromatic heterocycles. The van der Waals surface area contributed by atoms with Crippen LogP contribution in [0.5, 0.6) is 5.75 Å². The number of halogens is 1. The normalized spacial score (nSPS) is 12.5. The van der Waals surface area contributed by atoms with Crippen LogP contribution in [-0.2, 0) is 0 Å². The Morgan fingerprint density at radius 3 is 2.88 bits per heavy atom. The SMILES string of the molecule is CCSCCCOc1cc(Br)ccc1[C@@H](C)O. The van der Waals surface area contributed by atoms with Gasteiger partial charge in [-0.15, -0.1) is 0 Å². The van der Waals surface area contributed by atoms with Gasteiger partial charge in [-0.25, -0.2) is 0 Å². The average Bonchev–Trinajstić information content (AvgIpc) is 2.28. The first-order chi connectivity index (χ1) is 8.15. The van der Waals surface area contributed by atoms with Crippen LogP contribution in [0.25, 0.3) is 0 Å². The fourth-order valence-corrected chi connectivity index (χ4v) is 2.42. The molecule has 1 aromatic carbocycles. The second-order valence-electron chi connectivity index (χ2n) is 3.76. The van der Waals surface area contributed by atoms with E-state index in [2.05, 4.69) is 22.9 Å². The lowest BCUT2D eigenvalue weighted by Gasteiger charge is -2.13. The maximum Gasteiger partial charge on any atom is 0.126 e. The van der Waals surface area contributed by atoms with Gasteiger partial charge in [-0.3, -0.25) is 0 Å². The number of thioether (sulfide) groups is 1. The molecule has 1 atom stereocenters. The molecule has 0 unspecified atom stereocenters. The van der Waals surface area contributed by atoms with Crippen molar-refractivity contribution in [2.45, 2.75) is 26.4 Å². The standard InChI is InChI=1S/C13H19BrO2S/c1-3-17-8-4-7-16-13-9-11(14)5-6-12(13)10(2)15/h5-6,9-10,15H,3-4,7-8H2,1-2H3/t10-/m1/s1. The molecule has 1 aromatic rings. The van der Waals surface area contributed by atoms with Crippen LogP contribution in [-0.4, -0.2) is 23.2 Å². The molecule has 0 saturated heterocycles. The molecule has 0 aliphatic heterocycles. The second-order valence-corrected chi connectivity index (χ2v) is 6.07. The highest BCUT2D eigenvalue weighted by Crippen LogP contribution is 2.28. The van der Waals surface area contributed by atoms with Crippen molar-refractivity contribution in [3.8, 4) is 5.75 Å². The fraction of sp³-hybridized carbons (Fsp3) is 0.538. The lowest BCUT2D eigenvalue weighted by atomic mass is 10.1. The first-order valence-corrected chi connectivity index (χ1v) is 7.78. The van der Waals surface area contributed by atoms with Crippen LogP contribution >= 0.6 is 27.7 Å². The molecule has 96 valence electrons. The highest BCUT2D eigenvalue weighted by Gasteiger charge is 2.09. The molecule has 1 rings (SSSR count). The highest BCUT2D eigenvalue weighted by atomic mass is 79.9. The van der Waals surface area contributed by atoms with Gasteiger partial charge in [-0.2, -0.15) is 11.8 Å². The summed E-state index contributed by atoms with van der Waals surface area (Å²) in [6.45, 7) is 4.61. The first kappa shape index (κ1) is 14.9. The summed E-state index contributed by atoms with van der Waals surface area (Å²) in [5.74, 6) is 3.04. The van der Waals surface area contributed by atoms with Gasteiger partial charge >= 0.3 is 0 Å². The molecular formula is C13H19BrO2S. The summed E-state index contributed by atoms with van der Waals surface area (Å²) in [5.41, 5.74) is 0.844. The smallest absolute Gasteiger partial charge is 0.126 e. The predicted molar refractivity (Wildman–Crippen MR) is 77.9 cm³/mol. The van der Waals surface area contributed by atoms with E-state index in [0.29, 0.717) is 6.61 Å². The monoisotopic (exact) mass is 318 g/mol. The third-order valence-corrected chi connectivity index (χ3v) is 3.80. The molecule has 0 radical (unpaired) electrons. The van der Waals surface area contributed by atoms with Crippen molar-refractivity contribution in [2.75, 3.05) is 18.1 Å². The molecule has 0 amide bonds. The Hall–Kier alpha value is -0.190. The topological polar surface area (TPSA) is 29.5 Å². The van der Waals surface area contributed by atoms with Crippen molar-refractivity contribution in [3.63, 3.8) is 0 Å². The van der Waals surface area contributed by atoms with Crippen LogP contribution in [0.1, 0.15) is 31.9 Å². The quantitative estimate of drug-likeness (QED) is 0.770. The number of benzene rings is 1. The Labute approximate surface area is 116 Å². The molecule has 0 bridgehead atoms. The molecule has 0 spiro atoms. The van der Waals surface area contributed by atoms with Crippen LogP contribution in [0.15, 0.2) is 22.7 Å². The van der Waals surface area contributed by atoms with Gasteiger partial charge in [-0.05, 0) is 37.0 Å². The van der Waals surface area contributed by atoms with E-state index >= 15 is 0 Å². The van der Waals surface area contributed by atoms with Gasteiger partial charge in [0.1, 0.15) is 5.75 Å². The summed E-state index contributed by atoms with van der Waals surface area (Å²) in [5, 5.41) is 9.64. The summed E-state index contributed by atoms with van der Waals surface area (Å²) >= 11 is 5.33. The summed E-state index contributed by atoms with van der Waals surface area (Å²) in [7, 11) is 0. The predicted octanol–water partition coefficient (Wildman–Crippen LogP) is 4.02. The molecule has 0 saturated carbocycles. The zero-order chi connectivity index (χ0) is 12.7. The molecule has 17 heavy (non-hydrogen) atoms. The van der Waals surface area contributed by atoms with Gasteiger partial charge in [0.25, 0.3) is 0 Å². The molecule has 0 fully saturated rings. The van der Waals surface area contributed by atoms with E-state index in [4.69, 9.17) is 4.74 Å². The Morgan fingerprint density at radius 1 is 1.47 bits per heavy atom. The zero-order valence-corrected chi connectivity index (χ0v) is 12.7. The highest BCUT2D eigenvalue weighted by molar-refractivity contribution is 9.10. The van der Waals surface area contributed by atoms with Crippen LogP contribution in [0, 0.1) is 0 Å². The minimum Gasteiger partial charge on any atom is -0.493 e. The number of hydrogen-bond donors (Lipinski definition) is 1. The summed E-state index contributed by atoms with van der Waals surface area (Å²) in [6.07, 6.45) is 0.535. The number of ether oxygens (including phenoxy) is 1. The van der Waals surface area contributed by atoms with Crippen molar-refractivity contribution in [1.29, 1.82) is 0 Å². The van der Waals surface area contributed by atoms with E-state index in [0.717, 1.165) is 33.7 Å². The first-order valence-electron chi connectivity index (χ1n) is 5.83. The maximum atomic E-state index is 9.64. The van der Waals surface area contributed by atoms with Gasteiger partial charge in [0.2, 0.25) is 0 Å². The van der Waals surface area contributed by atoms with Crippen LogP contribution in [0.3, 0.4) is 0 Å². The molecule has 0 aliphatic carbocycles. The zero-order valence-electron chi connectivity index (χ0n) is 10.3. The van der Waals surface area contributed by atoms with Gasteiger partial charge in [0.05, 0.1) is 12.7 Å². The molecule has 0 heterocycles. The number of aliphatic hydroxyl groups is 1. The molecule has 0 aliphatic rings. The fourth-order valence-electron chi connectivity index (χ4n) is 1.47. The lowest BCUT2D eigenvalue weighted by molar-refractivity contribution is 0.191. The van der Waals surface area contributed by atoms with E-state index in [1.807, 2.05) is 30.0 Å². The molecule has 1 N–H and O–H groups in total. The van der Waals surface area contributed by atoms with Crippen molar-refractivity contribution < 1.29 is 9.84 Å². The van der Waals surface area contributed by atoms with E-state index in [9.17, 15) is 5.11 Å². The van der Waals surface area contributed by atoms with Crippen LogP contribution in [0.2, 0.25) is 0 Å². The van der Waals surface area contributed by atoms with Gasteiger partial charge in [0.15, 0.2) is 0 Å². The van der Waals surface area contributed by atoms with Crippen molar-refractivity contribution in [3.05, 3.63) is 28.2 Å². The van der Waals surface area contributed by atoms with Gasteiger partial charge in [-0.1, -0.05) is 28.9 Å². The maximum absolute atomic E-state index is 9.64. The van der Waals surface area contributed by atoms with Gasteiger partial charge < -0.3 is 9.84 Å². The van der Waals surface area contributed by atoms with E-state index < -0.39 is 6.10 Å². The van der Waals surface area contributed by atoms with Crippen molar-refractivity contribution >= 4 is 27.7 Å². The Kier molecular flexibility index (Phi) is 7.00. The minimum atomic E-state index is -0.497. The van der Waals surface area contributed by atoms with Gasteiger partial charge in [0, 0.05) is 10.0 Å². The lowest BCUT2D eigenvalue weighted by Crippen LogP contribution is -2.03. The molecule has 4 heteroatoms. The summed E-state index contributed by atoms with van der Waals surface area (Å²) in [4.78, 5) is 0. The average molecular weight is 319 g/mol. The van der Waals surface area contributed by atoms with E-state index in [1.54, 1.807) is 6.92 Å². The number of aliphatic hydroxyl groups excluding tert-OH is 1. The van der Waals surface area contributed by atoms with Crippen LogP contribution in [0.4, 0.5) is 0 Å². The van der Waals surface area contributed by atoms with Crippen LogP contribution < -0.4 is 4.74 Å². The third kappa shape index (κ3) is 5.32. The number of hydrogen-bond acceptors (Lipinski definition) is 3. The third-order valence-electron chi connectivity index (χ3n) is 2.32. The molecule has 2 nitrogen and oxygen atoms in total. The Balaban J connectivity index is 2.53. The van der Waals surface area contributed by atoms with Crippen molar-refractivity contribution in [2.24, 2.45) is 0 Å². The molecular weight excluding hydrogens is 300 g/mol. The Bertz CT molecular complexity index is 342. The minimum absolute atomic E-state index is 0.497. The second kappa shape index (κ2) is 8.01. The van der Waals surface area contributed by atoms with Crippen molar-refractivity contribution in [1.82, 2.24) is 0 Å². The summed E-state index contributed by atoms with van der Waals surface area (Å²) in [6, 6.07) is 5.72. The number of rotatable bonds is 7. The van der Waals surface area contributed by atoms with E-state index in [1.165, 1.54) is 0 Å². The summed E-state index contributed by atoms with van der Waals surface area (Å²) < 4.78 is 6.69. The Morgan fingerprint density at radius 2 is 2.24 bits per heavy atom.